The van der Waals surface area contributed by atoms with E-state index in [0.29, 0.717) is 22.9 Å². The third kappa shape index (κ3) is 2.73. The molecule has 0 bridgehead atoms. The molecule has 0 aliphatic carbocycles. The number of imidazole rings is 1. The van der Waals surface area contributed by atoms with Gasteiger partial charge in [0.1, 0.15) is 17.0 Å². The highest BCUT2D eigenvalue weighted by Crippen LogP contribution is 2.24. The molecule has 0 atom stereocenters. The van der Waals surface area contributed by atoms with Crippen LogP contribution in [0.25, 0.3) is 5.65 Å². The molecule has 0 saturated heterocycles. The zero-order chi connectivity index (χ0) is 17.3. The van der Waals surface area contributed by atoms with E-state index >= 15 is 0 Å². The summed E-state index contributed by atoms with van der Waals surface area (Å²) in [5.41, 5.74) is 2.35. The number of methoxy groups -OCH3 is 1. The largest absolute Gasteiger partial charge is 0.467 e. The molecule has 0 fully saturated rings. The van der Waals surface area contributed by atoms with Gasteiger partial charge in [-0.05, 0) is 19.1 Å². The predicted molar refractivity (Wildman–Crippen MR) is 90.8 cm³/mol. The summed E-state index contributed by atoms with van der Waals surface area (Å²) in [6, 6.07) is 5.82. The Labute approximate surface area is 139 Å². The highest BCUT2D eigenvalue weighted by Gasteiger charge is 2.19. The third-order valence-corrected chi connectivity index (χ3v) is 3.52. The standard InChI is InChI=1S/C16H18N6O2/c1-10-13(22-8-6-5-7-12(22)18-10)15(23)19-11-9-17-16(24-4)20-14(11)21(2)3/h5-9H,1-4H3,(H,19,23). The second kappa shape index (κ2) is 6.15. The molecule has 8 nitrogen and oxygen atoms in total. The summed E-state index contributed by atoms with van der Waals surface area (Å²) in [6.07, 6.45) is 3.33. The molecule has 0 aromatic carbocycles. The number of hydrogen-bond donors (Lipinski definition) is 1. The average Bonchev–Trinajstić information content (AvgIpc) is 2.90. The topological polar surface area (TPSA) is 84.6 Å². The van der Waals surface area contributed by atoms with E-state index in [0.717, 1.165) is 5.65 Å². The van der Waals surface area contributed by atoms with Crippen LogP contribution >= 0.6 is 0 Å². The van der Waals surface area contributed by atoms with Crippen LogP contribution in [0.3, 0.4) is 0 Å². The van der Waals surface area contributed by atoms with Crippen LogP contribution < -0.4 is 15.0 Å². The highest BCUT2D eigenvalue weighted by atomic mass is 16.5. The molecule has 0 unspecified atom stereocenters. The number of carbonyl (C=O) groups excluding carboxylic acids is 1. The number of fused-ring (bicyclic) bond motifs is 1. The van der Waals surface area contributed by atoms with Gasteiger partial charge in [0.15, 0.2) is 5.82 Å². The van der Waals surface area contributed by atoms with Crippen molar-refractivity contribution in [1.29, 1.82) is 0 Å². The van der Waals surface area contributed by atoms with E-state index in [2.05, 4.69) is 20.3 Å². The third-order valence-electron chi connectivity index (χ3n) is 3.52. The summed E-state index contributed by atoms with van der Waals surface area (Å²) in [7, 11) is 5.16. The van der Waals surface area contributed by atoms with E-state index < -0.39 is 0 Å². The van der Waals surface area contributed by atoms with Gasteiger partial charge in [-0.3, -0.25) is 9.20 Å². The van der Waals surface area contributed by atoms with Gasteiger partial charge >= 0.3 is 6.01 Å². The second-order valence-corrected chi connectivity index (χ2v) is 5.42. The number of nitrogens with zero attached hydrogens (tertiary/aromatic N) is 5. The average molecular weight is 326 g/mol. The highest BCUT2D eigenvalue weighted by molar-refractivity contribution is 6.05. The molecule has 8 heteroatoms. The van der Waals surface area contributed by atoms with Gasteiger partial charge in [-0.1, -0.05) is 6.07 Å². The Morgan fingerprint density at radius 3 is 2.79 bits per heavy atom. The minimum atomic E-state index is -0.275. The van der Waals surface area contributed by atoms with Crippen LogP contribution in [-0.4, -0.2) is 46.5 Å². The molecule has 0 radical (unpaired) electrons. The molecule has 3 heterocycles. The van der Waals surface area contributed by atoms with E-state index in [4.69, 9.17) is 4.74 Å². The first-order valence-electron chi connectivity index (χ1n) is 7.34. The van der Waals surface area contributed by atoms with Crippen LogP contribution in [0.2, 0.25) is 0 Å². The number of aromatic nitrogens is 4. The lowest BCUT2D eigenvalue weighted by atomic mass is 10.3. The molecule has 0 aliphatic heterocycles. The fourth-order valence-electron chi connectivity index (χ4n) is 2.45. The summed E-state index contributed by atoms with van der Waals surface area (Å²) in [5.74, 6) is 0.282. The molecule has 124 valence electrons. The predicted octanol–water partition coefficient (Wildman–Crippen LogP) is 1.76. The van der Waals surface area contributed by atoms with Crippen molar-refractivity contribution in [2.24, 2.45) is 0 Å². The Bertz CT molecular complexity index is 903. The van der Waals surface area contributed by atoms with E-state index in [1.807, 2.05) is 38.5 Å². The fourth-order valence-corrected chi connectivity index (χ4v) is 2.45. The van der Waals surface area contributed by atoms with Crippen LogP contribution in [0, 0.1) is 6.92 Å². The summed E-state index contributed by atoms with van der Waals surface area (Å²) in [6.45, 7) is 1.80. The van der Waals surface area contributed by atoms with Crippen LogP contribution in [0.5, 0.6) is 6.01 Å². The maximum Gasteiger partial charge on any atom is 0.318 e. The van der Waals surface area contributed by atoms with Gasteiger partial charge in [-0.15, -0.1) is 0 Å². The van der Waals surface area contributed by atoms with Gasteiger partial charge in [-0.2, -0.15) is 4.98 Å². The van der Waals surface area contributed by atoms with Crippen molar-refractivity contribution >= 4 is 23.1 Å². The van der Waals surface area contributed by atoms with E-state index in [1.165, 1.54) is 13.3 Å². The van der Waals surface area contributed by atoms with Gasteiger partial charge < -0.3 is 15.0 Å². The van der Waals surface area contributed by atoms with Crippen molar-refractivity contribution < 1.29 is 9.53 Å². The zero-order valence-corrected chi connectivity index (χ0v) is 13.9. The van der Waals surface area contributed by atoms with Crippen molar-refractivity contribution in [1.82, 2.24) is 19.4 Å². The number of nitrogens with one attached hydrogen (secondary N) is 1. The first-order chi connectivity index (χ1) is 11.5. The molecular formula is C16H18N6O2. The Morgan fingerprint density at radius 1 is 1.29 bits per heavy atom. The number of ether oxygens (including phenoxy) is 1. The van der Waals surface area contributed by atoms with Gasteiger partial charge in [-0.25, -0.2) is 9.97 Å². The van der Waals surface area contributed by atoms with Crippen molar-refractivity contribution in [3.8, 4) is 6.01 Å². The lowest BCUT2D eigenvalue weighted by Gasteiger charge is -2.16. The SMILES string of the molecule is COc1ncc(NC(=O)c2c(C)nc3ccccn23)c(N(C)C)n1. The van der Waals surface area contributed by atoms with Crippen LogP contribution in [-0.2, 0) is 0 Å². The summed E-state index contributed by atoms with van der Waals surface area (Å²) in [5, 5.41) is 2.86. The smallest absolute Gasteiger partial charge is 0.318 e. The Kier molecular flexibility index (Phi) is 4.03. The number of carbonyl (C=O) groups is 1. The molecule has 0 aliphatic rings. The fraction of sp³-hybridized carbons (Fsp3) is 0.250. The maximum absolute atomic E-state index is 12.8. The molecule has 0 spiro atoms. The lowest BCUT2D eigenvalue weighted by molar-refractivity contribution is 0.102. The molecule has 3 rings (SSSR count). The Morgan fingerprint density at radius 2 is 2.08 bits per heavy atom. The minimum absolute atomic E-state index is 0.239. The van der Waals surface area contributed by atoms with Crippen molar-refractivity contribution in [3.63, 3.8) is 0 Å². The number of pyridine rings is 1. The van der Waals surface area contributed by atoms with Gasteiger partial charge in [0.05, 0.1) is 19.0 Å². The molecule has 3 aromatic heterocycles. The monoisotopic (exact) mass is 326 g/mol. The maximum atomic E-state index is 12.8. The van der Waals surface area contributed by atoms with Gasteiger partial charge in [0.2, 0.25) is 0 Å². The number of amides is 1. The lowest BCUT2D eigenvalue weighted by Crippen LogP contribution is -2.20. The molecule has 0 saturated carbocycles. The number of aryl methyl sites for hydroxylation is 1. The van der Waals surface area contributed by atoms with Crippen LogP contribution in [0.15, 0.2) is 30.6 Å². The molecular weight excluding hydrogens is 308 g/mol. The summed E-state index contributed by atoms with van der Waals surface area (Å²) < 4.78 is 6.79. The van der Waals surface area contributed by atoms with E-state index in [1.54, 1.807) is 16.2 Å². The molecule has 1 N–H and O–H groups in total. The molecule has 24 heavy (non-hydrogen) atoms. The van der Waals surface area contributed by atoms with E-state index in [-0.39, 0.29) is 11.9 Å². The first kappa shape index (κ1) is 15.7. The number of rotatable bonds is 4. The van der Waals surface area contributed by atoms with Crippen LogP contribution in [0.1, 0.15) is 16.2 Å². The van der Waals surface area contributed by atoms with Gasteiger partial charge in [0.25, 0.3) is 5.91 Å². The summed E-state index contributed by atoms with van der Waals surface area (Å²) >= 11 is 0. The van der Waals surface area contributed by atoms with Crippen LogP contribution in [0.4, 0.5) is 11.5 Å². The Balaban J connectivity index is 1.99. The van der Waals surface area contributed by atoms with Crippen molar-refractivity contribution in [2.45, 2.75) is 6.92 Å². The second-order valence-electron chi connectivity index (χ2n) is 5.42. The normalized spacial score (nSPS) is 10.7. The quantitative estimate of drug-likeness (QED) is 0.786. The van der Waals surface area contributed by atoms with E-state index in [9.17, 15) is 4.79 Å². The first-order valence-corrected chi connectivity index (χ1v) is 7.34. The number of anilines is 2. The van der Waals surface area contributed by atoms with Crippen molar-refractivity contribution in [2.75, 3.05) is 31.4 Å². The summed E-state index contributed by atoms with van der Waals surface area (Å²) in [4.78, 5) is 27.3. The Hall–Kier alpha value is -3.16. The molecule has 3 aromatic rings. The number of hydrogen-bond acceptors (Lipinski definition) is 6. The zero-order valence-electron chi connectivity index (χ0n) is 13.9. The molecule has 1 amide bonds. The van der Waals surface area contributed by atoms with Gasteiger partial charge in [0, 0.05) is 20.3 Å². The minimum Gasteiger partial charge on any atom is -0.467 e. The van der Waals surface area contributed by atoms with Crippen molar-refractivity contribution in [3.05, 3.63) is 42.0 Å².